The van der Waals surface area contributed by atoms with Gasteiger partial charge >= 0.3 is 5.97 Å². The molecule has 0 aromatic heterocycles. The topological polar surface area (TPSA) is 72.5 Å². The van der Waals surface area contributed by atoms with Crippen LogP contribution in [0.4, 0.5) is 0 Å². The summed E-state index contributed by atoms with van der Waals surface area (Å²) in [5.74, 6) is -0.745. The molecule has 0 atom stereocenters. The van der Waals surface area contributed by atoms with Crippen molar-refractivity contribution in [1.29, 1.82) is 0 Å². The van der Waals surface area contributed by atoms with E-state index >= 15 is 0 Å². The molecular formula is C14H17NO4. The highest BCUT2D eigenvalue weighted by atomic mass is 16.5. The van der Waals surface area contributed by atoms with Gasteiger partial charge in [-0.05, 0) is 17.7 Å². The monoisotopic (exact) mass is 263 g/mol. The molecule has 0 unspecified atom stereocenters. The molecular weight excluding hydrogens is 246 g/mol. The lowest BCUT2D eigenvalue weighted by atomic mass is 10.1. The van der Waals surface area contributed by atoms with Gasteiger partial charge in [0.25, 0.3) is 0 Å². The Kier molecular flexibility index (Phi) is 5.73. The smallest absolute Gasteiger partial charge is 0.338 e. The molecule has 102 valence electrons. The van der Waals surface area contributed by atoms with Crippen LogP contribution in [0.15, 0.2) is 24.3 Å². The van der Waals surface area contributed by atoms with E-state index in [4.69, 9.17) is 4.74 Å². The second-order valence-corrected chi connectivity index (χ2v) is 4.08. The van der Waals surface area contributed by atoms with E-state index in [-0.39, 0.29) is 18.3 Å². The molecule has 5 heteroatoms. The summed E-state index contributed by atoms with van der Waals surface area (Å²) in [6.07, 6.45) is 0.350. The summed E-state index contributed by atoms with van der Waals surface area (Å²) in [5.41, 5.74) is 1.27. The van der Waals surface area contributed by atoms with E-state index in [0.29, 0.717) is 18.5 Å². The van der Waals surface area contributed by atoms with Crippen LogP contribution in [0.25, 0.3) is 0 Å². The van der Waals surface area contributed by atoms with Gasteiger partial charge in [-0.2, -0.15) is 0 Å². The van der Waals surface area contributed by atoms with Crippen LogP contribution in [-0.2, 0) is 20.9 Å². The van der Waals surface area contributed by atoms with E-state index < -0.39 is 5.97 Å². The zero-order valence-electron chi connectivity index (χ0n) is 11.1. The number of carbonyl (C=O) groups is 3. The van der Waals surface area contributed by atoms with Crippen LogP contribution in [0.3, 0.4) is 0 Å². The first-order valence-electron chi connectivity index (χ1n) is 6.05. The van der Waals surface area contributed by atoms with E-state index in [1.165, 1.54) is 6.92 Å². The van der Waals surface area contributed by atoms with E-state index in [9.17, 15) is 14.4 Å². The first-order valence-corrected chi connectivity index (χ1v) is 6.05. The third-order valence-corrected chi connectivity index (χ3v) is 2.49. The molecule has 0 saturated heterocycles. The molecule has 1 aromatic carbocycles. The molecule has 1 rings (SSSR count). The molecule has 0 aliphatic rings. The van der Waals surface area contributed by atoms with Gasteiger partial charge in [-0.15, -0.1) is 0 Å². The first-order chi connectivity index (χ1) is 9.02. The Morgan fingerprint density at radius 2 is 1.79 bits per heavy atom. The minimum absolute atomic E-state index is 0.110. The molecule has 0 heterocycles. The minimum atomic E-state index is -0.520. The third kappa shape index (κ3) is 5.33. The van der Waals surface area contributed by atoms with E-state index in [1.807, 2.05) is 0 Å². The van der Waals surface area contributed by atoms with Gasteiger partial charge in [0.2, 0.25) is 5.91 Å². The van der Waals surface area contributed by atoms with Crippen molar-refractivity contribution in [2.24, 2.45) is 0 Å². The lowest BCUT2D eigenvalue weighted by Gasteiger charge is -2.05. The van der Waals surface area contributed by atoms with Gasteiger partial charge in [-0.25, -0.2) is 4.79 Å². The highest BCUT2D eigenvalue weighted by molar-refractivity contribution is 5.91. The SMILES string of the molecule is CCC(=O)COC(=O)c1ccc(CNC(C)=O)cc1. The summed E-state index contributed by atoms with van der Waals surface area (Å²) >= 11 is 0. The zero-order chi connectivity index (χ0) is 14.3. The summed E-state index contributed by atoms with van der Waals surface area (Å²) in [6.45, 7) is 3.38. The molecule has 0 spiro atoms. The summed E-state index contributed by atoms with van der Waals surface area (Å²) in [5, 5.41) is 2.66. The number of hydrogen-bond donors (Lipinski definition) is 1. The number of rotatable bonds is 6. The van der Waals surface area contributed by atoms with Gasteiger partial charge in [0.05, 0.1) is 5.56 Å². The number of ketones is 1. The summed E-state index contributed by atoms with van der Waals surface area (Å²) in [7, 11) is 0. The Morgan fingerprint density at radius 1 is 1.16 bits per heavy atom. The number of esters is 1. The highest BCUT2D eigenvalue weighted by Gasteiger charge is 2.09. The normalized spacial score (nSPS) is 9.79. The van der Waals surface area contributed by atoms with Crippen LogP contribution in [-0.4, -0.2) is 24.3 Å². The van der Waals surface area contributed by atoms with Gasteiger partial charge in [-0.1, -0.05) is 19.1 Å². The number of nitrogens with one attached hydrogen (secondary N) is 1. The summed E-state index contributed by atoms with van der Waals surface area (Å²) in [4.78, 5) is 33.4. The molecule has 19 heavy (non-hydrogen) atoms. The maximum atomic E-state index is 11.6. The predicted molar refractivity (Wildman–Crippen MR) is 69.5 cm³/mol. The number of hydrogen-bond acceptors (Lipinski definition) is 4. The van der Waals surface area contributed by atoms with Crippen LogP contribution in [0.1, 0.15) is 36.2 Å². The zero-order valence-corrected chi connectivity index (χ0v) is 11.1. The second-order valence-electron chi connectivity index (χ2n) is 4.08. The van der Waals surface area contributed by atoms with E-state index in [0.717, 1.165) is 5.56 Å². The molecule has 1 amide bonds. The average molecular weight is 263 g/mol. The molecule has 1 aromatic rings. The van der Waals surface area contributed by atoms with Gasteiger partial charge in [0.1, 0.15) is 6.61 Å². The van der Waals surface area contributed by atoms with Crippen LogP contribution in [0.5, 0.6) is 0 Å². The fraction of sp³-hybridized carbons (Fsp3) is 0.357. The maximum absolute atomic E-state index is 11.6. The largest absolute Gasteiger partial charge is 0.454 e. The number of Topliss-reactive ketones (excluding diaryl/α,β-unsaturated/α-hetero) is 1. The standard InChI is InChI=1S/C14H17NO4/c1-3-13(17)9-19-14(18)12-6-4-11(5-7-12)8-15-10(2)16/h4-7H,3,8-9H2,1-2H3,(H,15,16). The quantitative estimate of drug-likeness (QED) is 0.789. The van der Waals surface area contributed by atoms with E-state index in [1.54, 1.807) is 31.2 Å². The number of ether oxygens (including phenoxy) is 1. The molecule has 5 nitrogen and oxygen atoms in total. The van der Waals surface area contributed by atoms with E-state index in [2.05, 4.69) is 5.32 Å². The van der Waals surface area contributed by atoms with Crippen molar-refractivity contribution in [2.75, 3.05) is 6.61 Å². The Bertz CT molecular complexity index is 465. The number of carbonyl (C=O) groups excluding carboxylic acids is 3. The molecule has 0 fully saturated rings. The minimum Gasteiger partial charge on any atom is -0.454 e. The first kappa shape index (κ1) is 14.9. The molecule has 0 saturated carbocycles. The van der Waals surface area contributed by atoms with Crippen molar-refractivity contribution in [2.45, 2.75) is 26.8 Å². The fourth-order valence-corrected chi connectivity index (χ4v) is 1.32. The Balaban J connectivity index is 2.53. The molecule has 0 bridgehead atoms. The predicted octanol–water partition coefficient (Wildman–Crippen LogP) is 1.46. The van der Waals surface area contributed by atoms with Gasteiger partial charge in [0, 0.05) is 19.9 Å². The third-order valence-electron chi connectivity index (χ3n) is 2.49. The number of benzene rings is 1. The second kappa shape index (κ2) is 7.31. The van der Waals surface area contributed by atoms with Crippen LogP contribution in [0, 0.1) is 0 Å². The molecule has 0 aliphatic heterocycles. The van der Waals surface area contributed by atoms with Crippen LogP contribution >= 0.6 is 0 Å². The van der Waals surface area contributed by atoms with Crippen molar-refractivity contribution >= 4 is 17.7 Å². The van der Waals surface area contributed by atoms with Gasteiger partial charge < -0.3 is 10.1 Å². The summed E-state index contributed by atoms with van der Waals surface area (Å²) in [6, 6.07) is 6.67. The Morgan fingerprint density at radius 3 is 2.32 bits per heavy atom. The van der Waals surface area contributed by atoms with Crippen LogP contribution < -0.4 is 5.32 Å². The van der Waals surface area contributed by atoms with Gasteiger partial charge in [-0.3, -0.25) is 9.59 Å². The molecule has 0 aliphatic carbocycles. The van der Waals surface area contributed by atoms with Crippen LogP contribution in [0.2, 0.25) is 0 Å². The highest BCUT2D eigenvalue weighted by Crippen LogP contribution is 2.06. The fourth-order valence-electron chi connectivity index (χ4n) is 1.32. The Hall–Kier alpha value is -2.17. The van der Waals surface area contributed by atoms with Crippen molar-refractivity contribution < 1.29 is 19.1 Å². The summed E-state index contributed by atoms with van der Waals surface area (Å²) < 4.78 is 4.86. The lowest BCUT2D eigenvalue weighted by Crippen LogP contribution is -2.19. The Labute approximate surface area is 111 Å². The molecule has 1 N–H and O–H groups in total. The van der Waals surface area contributed by atoms with Crippen molar-refractivity contribution in [3.8, 4) is 0 Å². The van der Waals surface area contributed by atoms with Gasteiger partial charge in [0.15, 0.2) is 5.78 Å². The number of amides is 1. The van der Waals surface area contributed by atoms with Crippen molar-refractivity contribution in [3.63, 3.8) is 0 Å². The lowest BCUT2D eigenvalue weighted by molar-refractivity contribution is -0.122. The van der Waals surface area contributed by atoms with Crippen molar-refractivity contribution in [1.82, 2.24) is 5.32 Å². The maximum Gasteiger partial charge on any atom is 0.338 e. The average Bonchev–Trinajstić information content (AvgIpc) is 2.42. The van der Waals surface area contributed by atoms with Crippen molar-refractivity contribution in [3.05, 3.63) is 35.4 Å². The molecule has 0 radical (unpaired) electrons.